The lowest BCUT2D eigenvalue weighted by molar-refractivity contribution is -0.117. The van der Waals surface area contributed by atoms with E-state index in [1.807, 2.05) is 0 Å². The minimum absolute atomic E-state index is 0.0213. The molecule has 4 aromatic rings. The minimum Gasteiger partial charge on any atom is -0.390 e. The molecule has 11 nitrogen and oxygen atoms in total. The van der Waals surface area contributed by atoms with Crippen LogP contribution in [-0.2, 0) is 17.9 Å². The third kappa shape index (κ3) is 5.49. The Morgan fingerprint density at radius 2 is 1.93 bits per heavy atom. The zero-order valence-electron chi connectivity index (χ0n) is 20.6. The Balaban J connectivity index is 1.34. The van der Waals surface area contributed by atoms with Gasteiger partial charge in [-0.15, -0.1) is 0 Å². The first kappa shape index (κ1) is 27.1. The molecule has 0 atom stereocenters. The van der Waals surface area contributed by atoms with Gasteiger partial charge < -0.3 is 10.4 Å². The number of nitrogens with one attached hydrogen (secondary N) is 1. The predicted molar refractivity (Wildman–Crippen MR) is 136 cm³/mol. The van der Waals surface area contributed by atoms with Crippen LogP contribution < -0.4 is 10.2 Å². The predicted octanol–water partition coefficient (Wildman–Crippen LogP) is 3.78. The van der Waals surface area contributed by atoms with Crippen LogP contribution in [0, 0.1) is 5.82 Å². The van der Waals surface area contributed by atoms with Crippen molar-refractivity contribution in [2.45, 2.75) is 32.4 Å². The van der Waals surface area contributed by atoms with Crippen molar-refractivity contribution >= 4 is 35.1 Å². The van der Waals surface area contributed by atoms with Crippen LogP contribution in [0.2, 0.25) is 5.02 Å². The molecule has 0 unspecified atom stereocenters. The number of benzene rings is 1. The van der Waals surface area contributed by atoms with Gasteiger partial charge in [-0.1, -0.05) is 17.7 Å². The van der Waals surface area contributed by atoms with Crippen molar-refractivity contribution in [3.05, 3.63) is 76.5 Å². The monoisotopic (exact) mass is 572 g/mol. The van der Waals surface area contributed by atoms with Crippen molar-refractivity contribution < 1.29 is 27.9 Å². The summed E-state index contributed by atoms with van der Waals surface area (Å²) in [4.78, 5) is 42.9. The molecule has 1 aliphatic heterocycles. The molecule has 0 aliphatic carbocycles. The number of rotatable bonds is 8. The van der Waals surface area contributed by atoms with Crippen LogP contribution in [0.5, 0.6) is 0 Å². The second kappa shape index (κ2) is 11.4. The van der Waals surface area contributed by atoms with Crippen LogP contribution in [0.25, 0.3) is 11.3 Å². The van der Waals surface area contributed by atoms with Gasteiger partial charge in [0.2, 0.25) is 11.9 Å². The molecule has 0 bridgehead atoms. The van der Waals surface area contributed by atoms with Gasteiger partial charge in [0.05, 0.1) is 47.6 Å². The summed E-state index contributed by atoms with van der Waals surface area (Å²) in [6, 6.07) is 1.96. The lowest BCUT2D eigenvalue weighted by Crippen LogP contribution is -2.25. The van der Waals surface area contributed by atoms with E-state index in [9.17, 15) is 27.9 Å². The minimum atomic E-state index is -3.05. The first-order valence-corrected chi connectivity index (χ1v) is 12.3. The molecule has 1 aromatic carbocycles. The number of halogens is 4. The van der Waals surface area contributed by atoms with Gasteiger partial charge in [-0.2, -0.15) is 5.10 Å². The molecule has 0 radical (unpaired) electrons. The fraction of sp³-hybridized carbons (Fsp3) is 0.240. The molecule has 1 aliphatic rings. The summed E-state index contributed by atoms with van der Waals surface area (Å²) in [6.45, 7) is 0.146. The third-order valence-corrected chi connectivity index (χ3v) is 6.37. The molecule has 5 rings (SSSR count). The first-order valence-electron chi connectivity index (χ1n) is 11.9. The zero-order chi connectivity index (χ0) is 28.4. The average molecular weight is 573 g/mol. The normalized spacial score (nSPS) is 13.3. The molecule has 1 saturated heterocycles. The number of hydrogen-bond acceptors (Lipinski definition) is 8. The van der Waals surface area contributed by atoms with Crippen molar-refractivity contribution in [3.63, 3.8) is 0 Å². The molecule has 0 spiro atoms. The number of carbonyl (C=O) groups excluding carboxylic acids is 2. The number of alkyl halides is 2. The van der Waals surface area contributed by atoms with E-state index in [4.69, 9.17) is 11.6 Å². The van der Waals surface area contributed by atoms with Crippen molar-refractivity contribution in [1.29, 1.82) is 0 Å². The van der Waals surface area contributed by atoms with E-state index in [1.54, 1.807) is 12.4 Å². The summed E-state index contributed by atoms with van der Waals surface area (Å²) in [7, 11) is 0. The Labute approximate surface area is 229 Å². The van der Waals surface area contributed by atoms with Crippen molar-refractivity contribution in [2.24, 2.45) is 0 Å². The van der Waals surface area contributed by atoms with Gasteiger partial charge in [-0.3, -0.25) is 24.2 Å². The molecule has 2 amide bonds. The third-order valence-electron chi connectivity index (χ3n) is 6.07. The zero-order valence-corrected chi connectivity index (χ0v) is 21.3. The van der Waals surface area contributed by atoms with E-state index in [-0.39, 0.29) is 29.5 Å². The van der Waals surface area contributed by atoms with Crippen molar-refractivity contribution in [2.75, 3.05) is 16.8 Å². The van der Waals surface area contributed by atoms with E-state index in [0.717, 1.165) is 24.8 Å². The van der Waals surface area contributed by atoms with Crippen molar-refractivity contribution in [3.8, 4) is 11.3 Å². The number of carbonyl (C=O) groups is 2. The smallest absolute Gasteiger partial charge is 0.276 e. The van der Waals surface area contributed by atoms with E-state index in [1.165, 1.54) is 22.0 Å². The van der Waals surface area contributed by atoms with E-state index in [2.05, 4.69) is 30.4 Å². The number of hydrogen-bond donors (Lipinski definition) is 2. The molecule has 3 aromatic heterocycles. The Bertz CT molecular complexity index is 1580. The van der Waals surface area contributed by atoms with E-state index in [0.29, 0.717) is 24.5 Å². The largest absolute Gasteiger partial charge is 0.390 e. The fourth-order valence-electron chi connectivity index (χ4n) is 4.16. The summed E-state index contributed by atoms with van der Waals surface area (Å²) in [5.74, 6) is -1.66. The molecule has 0 saturated carbocycles. The molecule has 2 N–H and O–H groups in total. The maximum absolute atomic E-state index is 14.7. The summed E-state index contributed by atoms with van der Waals surface area (Å²) < 4.78 is 43.4. The Morgan fingerprint density at radius 3 is 2.60 bits per heavy atom. The quantitative estimate of drug-likeness (QED) is 0.325. The number of aliphatic hydroxyl groups is 1. The fourth-order valence-corrected chi connectivity index (χ4v) is 4.32. The van der Waals surface area contributed by atoms with Crippen LogP contribution in [-0.4, -0.2) is 53.2 Å². The van der Waals surface area contributed by atoms with Crippen LogP contribution in [0.3, 0.4) is 0 Å². The van der Waals surface area contributed by atoms with Crippen molar-refractivity contribution in [1.82, 2.24) is 29.7 Å². The highest BCUT2D eigenvalue weighted by molar-refractivity contribution is 6.31. The summed E-state index contributed by atoms with van der Waals surface area (Å²) in [6.07, 6.45) is 5.18. The van der Waals surface area contributed by atoms with Crippen LogP contribution in [0.4, 0.5) is 24.8 Å². The number of nitrogens with zero attached hydrogens (tertiary/aromatic N) is 7. The summed E-state index contributed by atoms with van der Waals surface area (Å²) in [5, 5.41) is 16.0. The average Bonchev–Trinajstić information content (AvgIpc) is 3.58. The van der Waals surface area contributed by atoms with E-state index >= 15 is 0 Å². The molecule has 40 heavy (non-hydrogen) atoms. The second-order valence-electron chi connectivity index (χ2n) is 8.76. The summed E-state index contributed by atoms with van der Waals surface area (Å²) in [5.41, 5.74) is -1.23. The van der Waals surface area contributed by atoms with E-state index < -0.39 is 46.6 Å². The topological polar surface area (TPSA) is 139 Å². The highest BCUT2D eigenvalue weighted by atomic mass is 35.5. The highest BCUT2D eigenvalue weighted by Crippen LogP contribution is 2.35. The van der Waals surface area contributed by atoms with Crippen LogP contribution in [0.1, 0.15) is 46.6 Å². The van der Waals surface area contributed by atoms with Gasteiger partial charge >= 0.3 is 0 Å². The molecular weight excluding hydrogens is 553 g/mol. The van der Waals surface area contributed by atoms with Gasteiger partial charge in [0.1, 0.15) is 0 Å². The van der Waals surface area contributed by atoms with Gasteiger partial charge in [0.25, 0.3) is 12.3 Å². The van der Waals surface area contributed by atoms with Gasteiger partial charge in [0.15, 0.2) is 11.5 Å². The lowest BCUT2D eigenvalue weighted by atomic mass is 10.0. The number of aromatic nitrogens is 6. The Hall–Kier alpha value is -4.43. The Kier molecular flexibility index (Phi) is 7.71. The Morgan fingerprint density at radius 1 is 1.15 bits per heavy atom. The SMILES string of the molecule is O=C(Nc1cnn(Cc2cnc(N3CCCC3=O)nc2)c1)c1nc(-c2c(C(F)F)ccc(Cl)c2F)cnc1CO. The number of anilines is 2. The molecule has 4 heterocycles. The van der Waals surface area contributed by atoms with Gasteiger partial charge in [0, 0.05) is 48.2 Å². The lowest BCUT2D eigenvalue weighted by Gasteiger charge is -2.13. The maximum Gasteiger partial charge on any atom is 0.276 e. The van der Waals surface area contributed by atoms with Gasteiger partial charge in [-0.25, -0.2) is 28.1 Å². The molecular formula is C25H20ClF3N8O3. The number of amides is 2. The highest BCUT2D eigenvalue weighted by Gasteiger charge is 2.25. The molecule has 15 heteroatoms. The summed E-state index contributed by atoms with van der Waals surface area (Å²) >= 11 is 5.79. The van der Waals surface area contributed by atoms with Crippen LogP contribution >= 0.6 is 11.6 Å². The molecule has 1 fully saturated rings. The molecule has 206 valence electrons. The van der Waals surface area contributed by atoms with Crippen LogP contribution in [0.15, 0.2) is 43.1 Å². The first-order chi connectivity index (χ1) is 19.2. The maximum atomic E-state index is 14.7. The standard InChI is InChI=1S/C25H20ClF3N8O3/c26-16-4-3-15(23(28)29)20(21(16)27)17-9-30-18(12-38)22(35-17)24(40)34-14-8-33-36(11-14)10-13-6-31-25(32-7-13)37-5-1-2-19(37)39/h3-4,6-9,11,23,38H,1-2,5,10,12H2,(H,34,40). The van der Waals surface area contributed by atoms with Gasteiger partial charge in [-0.05, 0) is 12.5 Å². The second-order valence-corrected chi connectivity index (χ2v) is 9.16. The number of aliphatic hydroxyl groups excluding tert-OH is 1.